The molecular formula is C27H26ClN9O. The van der Waals surface area contributed by atoms with Crippen molar-refractivity contribution < 1.29 is 0 Å². The fourth-order valence-electron chi connectivity index (χ4n) is 4.56. The lowest BCUT2D eigenvalue weighted by molar-refractivity contribution is 0.313. The van der Waals surface area contributed by atoms with Gasteiger partial charge in [-0.15, -0.1) is 0 Å². The van der Waals surface area contributed by atoms with E-state index in [4.69, 9.17) is 16.6 Å². The molecule has 2 aromatic carbocycles. The van der Waals surface area contributed by atoms with E-state index in [1.54, 1.807) is 29.1 Å². The van der Waals surface area contributed by atoms with Crippen molar-refractivity contribution in [2.24, 2.45) is 7.05 Å². The Hall–Kier alpha value is -4.28. The van der Waals surface area contributed by atoms with Crippen LogP contribution in [-0.4, -0.2) is 67.7 Å². The van der Waals surface area contributed by atoms with Gasteiger partial charge in [0.1, 0.15) is 11.2 Å². The number of nitrogens with one attached hydrogen (secondary N) is 1. The molecule has 0 bridgehead atoms. The summed E-state index contributed by atoms with van der Waals surface area (Å²) in [6.07, 6.45) is 5.05. The van der Waals surface area contributed by atoms with E-state index in [0.29, 0.717) is 33.3 Å². The van der Waals surface area contributed by atoms with Crippen LogP contribution in [0.15, 0.2) is 71.9 Å². The van der Waals surface area contributed by atoms with Crippen LogP contribution in [0.3, 0.4) is 0 Å². The summed E-state index contributed by atoms with van der Waals surface area (Å²) >= 11 is 6.40. The van der Waals surface area contributed by atoms with Gasteiger partial charge in [0.25, 0.3) is 5.56 Å². The molecular weight excluding hydrogens is 502 g/mol. The van der Waals surface area contributed by atoms with Crippen molar-refractivity contribution in [2.75, 3.05) is 43.4 Å². The number of aryl methyl sites for hydroxylation is 1. The van der Waals surface area contributed by atoms with Crippen molar-refractivity contribution in [1.29, 1.82) is 0 Å². The third-order valence-electron chi connectivity index (χ3n) is 6.69. The molecule has 11 heteroatoms. The van der Waals surface area contributed by atoms with E-state index in [9.17, 15) is 4.79 Å². The van der Waals surface area contributed by atoms with Crippen LogP contribution in [0.2, 0.25) is 5.02 Å². The molecule has 1 aliphatic rings. The lowest BCUT2D eigenvalue weighted by atomic mass is 10.2. The summed E-state index contributed by atoms with van der Waals surface area (Å²) < 4.78 is 2.97. The number of benzene rings is 2. The largest absolute Gasteiger partial charge is 0.369 e. The van der Waals surface area contributed by atoms with Crippen LogP contribution in [-0.2, 0) is 7.05 Å². The molecule has 0 atom stereocenters. The van der Waals surface area contributed by atoms with Gasteiger partial charge in [0, 0.05) is 62.6 Å². The Morgan fingerprint density at radius 3 is 2.42 bits per heavy atom. The van der Waals surface area contributed by atoms with Crippen molar-refractivity contribution >= 4 is 39.8 Å². The van der Waals surface area contributed by atoms with E-state index in [2.05, 4.69) is 49.5 Å². The van der Waals surface area contributed by atoms with Crippen LogP contribution >= 0.6 is 11.6 Å². The van der Waals surface area contributed by atoms with Crippen LogP contribution in [0, 0.1) is 0 Å². The van der Waals surface area contributed by atoms with Crippen molar-refractivity contribution in [2.45, 2.75) is 0 Å². The van der Waals surface area contributed by atoms with Gasteiger partial charge in [0.05, 0.1) is 22.3 Å². The van der Waals surface area contributed by atoms with Gasteiger partial charge in [-0.25, -0.2) is 9.97 Å². The van der Waals surface area contributed by atoms with Gasteiger partial charge in [-0.1, -0.05) is 23.7 Å². The van der Waals surface area contributed by atoms with Gasteiger partial charge in [-0.2, -0.15) is 14.9 Å². The molecule has 4 heterocycles. The summed E-state index contributed by atoms with van der Waals surface area (Å²) in [6, 6.07) is 15.3. The molecule has 0 spiro atoms. The highest BCUT2D eigenvalue weighted by Gasteiger charge is 2.19. The quantitative estimate of drug-likeness (QED) is 0.369. The molecule has 0 unspecified atom stereocenters. The number of aromatic nitrogens is 6. The summed E-state index contributed by atoms with van der Waals surface area (Å²) in [7, 11) is 3.97. The van der Waals surface area contributed by atoms with Crippen molar-refractivity contribution in [1.82, 2.24) is 34.4 Å². The summed E-state index contributed by atoms with van der Waals surface area (Å²) in [4.78, 5) is 27.3. The second-order valence-corrected chi connectivity index (χ2v) is 9.74. The first-order chi connectivity index (χ1) is 18.5. The molecule has 6 rings (SSSR count). The molecule has 3 aromatic heterocycles. The van der Waals surface area contributed by atoms with Crippen LogP contribution in [0.5, 0.6) is 0 Å². The van der Waals surface area contributed by atoms with E-state index in [-0.39, 0.29) is 5.56 Å². The zero-order chi connectivity index (χ0) is 26.2. The number of hydrogen-bond donors (Lipinski definition) is 1. The monoisotopic (exact) mass is 527 g/mol. The standard InChI is InChI=1S/C27H26ClN9O/c1-34-11-13-36(14-12-34)20-9-7-19(8-10-20)31-27-29-16-21-25(32-27)24(18-15-30-35(2)17-18)33-37(26(21)38)23-6-4-3-5-22(23)28/h3-10,15-17H,11-14H2,1-2H3,(H,29,31,32). The zero-order valence-corrected chi connectivity index (χ0v) is 21.8. The average Bonchev–Trinajstić information content (AvgIpc) is 3.36. The van der Waals surface area contributed by atoms with Gasteiger partial charge in [0.15, 0.2) is 0 Å². The summed E-state index contributed by atoms with van der Waals surface area (Å²) in [5.74, 6) is 0.367. The highest BCUT2D eigenvalue weighted by Crippen LogP contribution is 2.27. The minimum absolute atomic E-state index is 0.328. The Labute approximate surface area is 224 Å². The minimum Gasteiger partial charge on any atom is -0.369 e. The molecule has 38 heavy (non-hydrogen) atoms. The number of rotatable bonds is 5. The molecule has 0 amide bonds. The molecule has 1 fully saturated rings. The average molecular weight is 528 g/mol. The van der Waals surface area contributed by atoms with E-state index in [0.717, 1.165) is 37.4 Å². The number of hydrogen-bond acceptors (Lipinski definition) is 8. The van der Waals surface area contributed by atoms with E-state index in [1.165, 1.54) is 16.6 Å². The molecule has 0 saturated carbocycles. The minimum atomic E-state index is -0.358. The van der Waals surface area contributed by atoms with Crippen LogP contribution in [0.1, 0.15) is 0 Å². The number of halogens is 1. The number of piperazine rings is 1. The lowest BCUT2D eigenvalue weighted by Gasteiger charge is -2.34. The second kappa shape index (κ2) is 9.88. The fourth-order valence-corrected chi connectivity index (χ4v) is 4.78. The Morgan fingerprint density at radius 2 is 1.71 bits per heavy atom. The Balaban J connectivity index is 1.38. The SMILES string of the molecule is CN1CCN(c2ccc(Nc3ncc4c(=O)n(-c5ccccc5Cl)nc(-c5cnn(C)c5)c4n3)cc2)CC1. The van der Waals surface area contributed by atoms with Crippen molar-refractivity contribution in [3.8, 4) is 16.9 Å². The molecule has 0 aliphatic carbocycles. The fraction of sp³-hybridized carbons (Fsp3) is 0.222. The smallest absolute Gasteiger partial charge is 0.282 e. The molecule has 1 N–H and O–H groups in total. The summed E-state index contributed by atoms with van der Waals surface area (Å²) in [6.45, 7) is 4.12. The number of likely N-dealkylation sites (N-methyl/N-ethyl adjacent to an activating group) is 1. The van der Waals surface area contributed by atoms with E-state index in [1.807, 2.05) is 31.4 Å². The molecule has 5 aromatic rings. The lowest BCUT2D eigenvalue weighted by Crippen LogP contribution is -2.44. The molecule has 0 radical (unpaired) electrons. The first-order valence-electron chi connectivity index (χ1n) is 12.3. The van der Waals surface area contributed by atoms with Crippen molar-refractivity contribution in [3.05, 3.63) is 82.5 Å². The predicted molar refractivity (Wildman–Crippen MR) is 150 cm³/mol. The molecule has 1 saturated heterocycles. The van der Waals surface area contributed by atoms with Gasteiger partial charge >= 0.3 is 0 Å². The molecule has 192 valence electrons. The predicted octanol–water partition coefficient (Wildman–Crippen LogP) is 3.73. The Morgan fingerprint density at radius 1 is 0.947 bits per heavy atom. The van der Waals surface area contributed by atoms with Gasteiger partial charge in [0.2, 0.25) is 5.95 Å². The topological polar surface area (TPSA) is 97.0 Å². The normalized spacial score (nSPS) is 14.2. The van der Waals surface area contributed by atoms with Gasteiger partial charge < -0.3 is 15.1 Å². The molecule has 1 aliphatic heterocycles. The van der Waals surface area contributed by atoms with Crippen LogP contribution in [0.4, 0.5) is 17.3 Å². The molecule has 10 nitrogen and oxygen atoms in total. The number of anilines is 3. The highest BCUT2D eigenvalue weighted by molar-refractivity contribution is 6.32. The van der Waals surface area contributed by atoms with E-state index >= 15 is 0 Å². The second-order valence-electron chi connectivity index (χ2n) is 9.34. The summed E-state index contributed by atoms with van der Waals surface area (Å²) in [5.41, 5.74) is 3.81. The van der Waals surface area contributed by atoms with Crippen LogP contribution in [0.25, 0.3) is 27.8 Å². The van der Waals surface area contributed by atoms with Crippen molar-refractivity contribution in [3.63, 3.8) is 0 Å². The van der Waals surface area contributed by atoms with E-state index < -0.39 is 0 Å². The first kappa shape index (κ1) is 24.1. The van der Waals surface area contributed by atoms with Gasteiger partial charge in [-0.05, 0) is 43.4 Å². The van der Waals surface area contributed by atoms with Crippen LogP contribution < -0.4 is 15.8 Å². The first-order valence-corrected chi connectivity index (χ1v) is 12.7. The third kappa shape index (κ3) is 4.59. The van der Waals surface area contributed by atoms with Gasteiger partial charge in [-0.3, -0.25) is 9.48 Å². The summed E-state index contributed by atoms with van der Waals surface area (Å²) in [5, 5.41) is 13.0. The Kier molecular flexibility index (Phi) is 6.26. The number of para-hydroxylation sites is 1. The maximum Gasteiger partial charge on any atom is 0.282 e. The zero-order valence-electron chi connectivity index (χ0n) is 21.0. The number of fused-ring (bicyclic) bond motifs is 1. The number of nitrogens with zero attached hydrogens (tertiary/aromatic N) is 8. The third-order valence-corrected chi connectivity index (χ3v) is 7.01. The maximum atomic E-state index is 13.5. The maximum absolute atomic E-state index is 13.5. The highest BCUT2D eigenvalue weighted by atomic mass is 35.5. The Bertz CT molecular complexity index is 1670.